The second-order valence-electron chi connectivity index (χ2n) is 12.1. The van der Waals surface area contributed by atoms with Crippen LogP contribution in [0, 0.1) is 11.3 Å². The molecule has 2 aromatic carbocycles. The zero-order valence-electron chi connectivity index (χ0n) is 24.1. The fourth-order valence-electron chi connectivity index (χ4n) is 6.79. The number of benzene rings is 2. The Morgan fingerprint density at radius 2 is 1.63 bits per heavy atom. The Labute approximate surface area is 229 Å². The Bertz CT molecular complexity index is 1370. The average Bonchev–Trinajstić information content (AvgIpc) is 3.43. The van der Waals surface area contributed by atoms with Crippen LogP contribution in [0.25, 0.3) is 0 Å². The van der Waals surface area contributed by atoms with Crippen LogP contribution in [0.2, 0.25) is 0 Å². The molecule has 0 amide bonds. The lowest BCUT2D eigenvalue weighted by atomic mass is 9.81. The molecule has 2 heterocycles. The summed E-state index contributed by atoms with van der Waals surface area (Å²) in [5, 5.41) is 9.04. The van der Waals surface area contributed by atoms with Crippen LogP contribution in [0.5, 0.6) is 0 Å². The van der Waals surface area contributed by atoms with E-state index in [0.717, 1.165) is 44.5 Å². The van der Waals surface area contributed by atoms with Crippen molar-refractivity contribution in [3.8, 4) is 0 Å². The Hall–Kier alpha value is -3.20. The Morgan fingerprint density at radius 3 is 2.37 bits per heavy atom. The molecule has 1 atom stereocenters. The molecule has 38 heavy (non-hydrogen) atoms. The molecule has 1 fully saturated rings. The number of nitrogens with zero attached hydrogens (tertiary/aromatic N) is 2. The number of allylic oxidation sites excluding steroid dienone is 6. The molecule has 5 rings (SSSR count). The molecule has 3 nitrogen and oxygen atoms in total. The summed E-state index contributed by atoms with van der Waals surface area (Å²) in [5.41, 5.74) is 10.1. The van der Waals surface area contributed by atoms with Gasteiger partial charge in [0.05, 0.1) is 5.41 Å². The summed E-state index contributed by atoms with van der Waals surface area (Å²) >= 11 is 0. The van der Waals surface area contributed by atoms with Crippen LogP contribution in [-0.4, -0.2) is 29.1 Å². The highest BCUT2D eigenvalue weighted by Gasteiger charge is 2.44. The summed E-state index contributed by atoms with van der Waals surface area (Å²) in [6.07, 6.45) is 13.4. The van der Waals surface area contributed by atoms with Crippen molar-refractivity contribution in [3.05, 3.63) is 95.2 Å². The molecule has 0 saturated heterocycles. The largest absolute Gasteiger partial charge is 0.344 e. The number of anilines is 1. The highest BCUT2D eigenvalue weighted by molar-refractivity contribution is 6.06. The van der Waals surface area contributed by atoms with E-state index in [4.69, 9.17) is 5.41 Å². The first kappa shape index (κ1) is 26.4. The maximum atomic E-state index is 9.04. The first-order valence-electron chi connectivity index (χ1n) is 14.5. The van der Waals surface area contributed by atoms with E-state index in [1.807, 2.05) is 0 Å². The maximum absolute atomic E-state index is 9.04. The van der Waals surface area contributed by atoms with E-state index in [-0.39, 0.29) is 16.7 Å². The first-order chi connectivity index (χ1) is 18.2. The maximum Gasteiger partial charge on any atom is 0.209 e. The van der Waals surface area contributed by atoms with Gasteiger partial charge in [0.2, 0.25) is 5.69 Å². The van der Waals surface area contributed by atoms with Crippen LogP contribution in [-0.2, 0) is 10.8 Å². The molecule has 1 saturated carbocycles. The fraction of sp³-hybridized carbons (Fsp3) is 0.429. The molecule has 1 unspecified atom stereocenters. The highest BCUT2D eigenvalue weighted by atomic mass is 15.2. The van der Waals surface area contributed by atoms with Crippen LogP contribution < -0.4 is 4.90 Å². The second-order valence-corrected chi connectivity index (χ2v) is 12.1. The van der Waals surface area contributed by atoms with E-state index in [9.17, 15) is 0 Å². The van der Waals surface area contributed by atoms with Gasteiger partial charge in [-0.15, -0.1) is 0 Å². The van der Waals surface area contributed by atoms with Gasteiger partial charge < -0.3 is 10.3 Å². The lowest BCUT2D eigenvalue weighted by molar-refractivity contribution is -0.437. The standard InChI is InChI=1S/C35H44N3/c1-7-23-37-29-15-11-9-13-27(29)34(3,4)31(37)21-19-25-17-18-26(33(25)36)20-22-32-35(5,6)28-14-10-12-16-30(28)38(32)24-8-2/h9-16,19-22,25,36H,7-8,17-18,23-24H2,1-6H3/q+1/b21-19+,26-20+,32-22+,36-33?. The third-order valence-corrected chi connectivity index (χ3v) is 8.86. The Morgan fingerprint density at radius 1 is 0.921 bits per heavy atom. The fourth-order valence-corrected chi connectivity index (χ4v) is 6.79. The molecule has 0 radical (unpaired) electrons. The van der Waals surface area contributed by atoms with Gasteiger partial charge in [-0.3, -0.25) is 0 Å². The normalized spacial score (nSPS) is 23.8. The van der Waals surface area contributed by atoms with Gasteiger partial charge in [-0.05, 0) is 56.4 Å². The lowest BCUT2D eigenvalue weighted by Gasteiger charge is -2.26. The summed E-state index contributed by atoms with van der Waals surface area (Å²) in [7, 11) is 0. The molecule has 198 valence electrons. The van der Waals surface area contributed by atoms with E-state index in [1.54, 1.807) is 0 Å². The number of hydrogen-bond acceptors (Lipinski definition) is 2. The first-order valence-corrected chi connectivity index (χ1v) is 14.5. The Kier molecular flexibility index (Phi) is 7.07. The Balaban J connectivity index is 1.40. The SMILES string of the molecule is CCCN1/C(=C/C=C2\CCC(/C=C/C3=[N+](CCC)c4ccccc4C3(C)C)C2=N)C(C)(C)c2ccccc21. The van der Waals surface area contributed by atoms with Crippen molar-refractivity contribution in [1.82, 2.24) is 0 Å². The number of para-hydroxylation sites is 2. The summed E-state index contributed by atoms with van der Waals surface area (Å²) in [6, 6.07) is 17.6. The quantitative estimate of drug-likeness (QED) is 0.375. The molecular formula is C35H44N3+. The van der Waals surface area contributed by atoms with Crippen LogP contribution >= 0.6 is 0 Å². The molecule has 3 aliphatic rings. The predicted molar refractivity (Wildman–Crippen MR) is 162 cm³/mol. The van der Waals surface area contributed by atoms with Crippen LogP contribution in [0.4, 0.5) is 11.4 Å². The van der Waals surface area contributed by atoms with Crippen molar-refractivity contribution in [2.75, 3.05) is 18.0 Å². The minimum atomic E-state index is -0.0363. The van der Waals surface area contributed by atoms with E-state index in [1.165, 1.54) is 39.5 Å². The summed E-state index contributed by atoms with van der Waals surface area (Å²) in [5.74, 6) is 0.177. The average molecular weight is 507 g/mol. The molecule has 2 aromatic rings. The molecule has 0 spiro atoms. The van der Waals surface area contributed by atoms with Crippen molar-refractivity contribution >= 4 is 22.8 Å². The highest BCUT2D eigenvalue weighted by Crippen LogP contribution is 2.48. The molecule has 0 bridgehead atoms. The van der Waals surface area contributed by atoms with Gasteiger partial charge in [-0.1, -0.05) is 76.2 Å². The predicted octanol–water partition coefficient (Wildman–Crippen LogP) is 8.48. The van der Waals surface area contributed by atoms with Crippen molar-refractivity contribution in [3.63, 3.8) is 0 Å². The van der Waals surface area contributed by atoms with Crippen LogP contribution in [0.1, 0.15) is 78.4 Å². The number of fused-ring (bicyclic) bond motifs is 2. The lowest BCUT2D eigenvalue weighted by Crippen LogP contribution is -2.28. The number of hydrogen-bond donors (Lipinski definition) is 1. The van der Waals surface area contributed by atoms with Gasteiger partial charge in [0.1, 0.15) is 6.54 Å². The van der Waals surface area contributed by atoms with Crippen molar-refractivity contribution in [2.45, 2.75) is 78.1 Å². The van der Waals surface area contributed by atoms with Crippen molar-refractivity contribution < 1.29 is 4.58 Å². The van der Waals surface area contributed by atoms with Gasteiger partial charge in [-0.25, -0.2) is 0 Å². The monoisotopic (exact) mass is 506 g/mol. The van der Waals surface area contributed by atoms with Gasteiger partial charge >= 0.3 is 0 Å². The molecule has 1 N–H and O–H groups in total. The third kappa shape index (κ3) is 4.30. The minimum absolute atomic E-state index is 0.0298. The van der Waals surface area contributed by atoms with Gasteiger partial charge in [0, 0.05) is 59.1 Å². The summed E-state index contributed by atoms with van der Waals surface area (Å²) in [6.45, 7) is 15.9. The van der Waals surface area contributed by atoms with E-state index in [2.05, 4.69) is 124 Å². The van der Waals surface area contributed by atoms with Gasteiger partial charge in [0.15, 0.2) is 5.71 Å². The van der Waals surface area contributed by atoms with E-state index < -0.39 is 0 Å². The van der Waals surface area contributed by atoms with E-state index >= 15 is 0 Å². The number of rotatable bonds is 7. The second kappa shape index (κ2) is 10.2. The molecule has 3 heteroatoms. The molecule has 2 aliphatic heterocycles. The van der Waals surface area contributed by atoms with Crippen molar-refractivity contribution in [1.29, 1.82) is 5.41 Å². The molecule has 0 aromatic heterocycles. The molecular weight excluding hydrogens is 462 g/mol. The topological polar surface area (TPSA) is 30.1 Å². The summed E-state index contributed by atoms with van der Waals surface area (Å²) < 4.78 is 2.49. The van der Waals surface area contributed by atoms with Gasteiger partial charge in [-0.2, -0.15) is 4.58 Å². The van der Waals surface area contributed by atoms with Crippen LogP contribution in [0.3, 0.4) is 0 Å². The molecule has 1 aliphatic carbocycles. The number of nitrogens with one attached hydrogen (secondary N) is 1. The van der Waals surface area contributed by atoms with E-state index in [0.29, 0.717) is 0 Å². The van der Waals surface area contributed by atoms with Gasteiger partial charge in [0.25, 0.3) is 0 Å². The zero-order chi connectivity index (χ0) is 27.1. The van der Waals surface area contributed by atoms with Crippen molar-refractivity contribution in [2.24, 2.45) is 5.92 Å². The third-order valence-electron chi connectivity index (χ3n) is 8.86. The van der Waals surface area contributed by atoms with Crippen LogP contribution in [0.15, 0.2) is 84.1 Å². The minimum Gasteiger partial charge on any atom is -0.344 e. The smallest absolute Gasteiger partial charge is 0.209 e. The summed E-state index contributed by atoms with van der Waals surface area (Å²) in [4.78, 5) is 2.49. The zero-order valence-corrected chi connectivity index (χ0v) is 24.1.